The van der Waals surface area contributed by atoms with Gasteiger partial charge in [-0.3, -0.25) is 4.84 Å². The fourth-order valence-corrected chi connectivity index (χ4v) is 2.94. The van der Waals surface area contributed by atoms with Crippen molar-refractivity contribution in [1.82, 2.24) is 4.47 Å². The molecule has 0 aliphatic carbocycles. The van der Waals surface area contributed by atoms with Gasteiger partial charge < -0.3 is 5.73 Å². The van der Waals surface area contributed by atoms with Crippen LogP contribution in [0.25, 0.3) is 0 Å². The molecule has 1 fully saturated rings. The Hall–Kier alpha value is -1.25. The van der Waals surface area contributed by atoms with Crippen LogP contribution in [0.4, 0.5) is 14.5 Å². The standard InChI is InChI=1S/C9H10F2N2O3S/c10-7-4-6(12)5-8(11)9(7)17(14,15)13-2-1-3-16-13/h4-5H,1-3,12H2. The maximum atomic E-state index is 13.5. The highest BCUT2D eigenvalue weighted by atomic mass is 32.2. The minimum atomic E-state index is -4.31. The molecule has 0 atom stereocenters. The summed E-state index contributed by atoms with van der Waals surface area (Å²) in [6.07, 6.45) is 0.484. The van der Waals surface area contributed by atoms with Gasteiger partial charge >= 0.3 is 0 Å². The zero-order valence-electron chi connectivity index (χ0n) is 8.69. The first kappa shape index (κ1) is 12.2. The Kier molecular flexibility index (Phi) is 3.02. The van der Waals surface area contributed by atoms with Crippen LogP contribution in [0.1, 0.15) is 6.42 Å². The lowest BCUT2D eigenvalue weighted by atomic mass is 10.3. The molecule has 5 nitrogen and oxygen atoms in total. The van der Waals surface area contributed by atoms with Gasteiger partial charge in [0.25, 0.3) is 10.0 Å². The van der Waals surface area contributed by atoms with Crippen LogP contribution in [0.5, 0.6) is 0 Å². The third-order valence-corrected chi connectivity index (χ3v) is 4.00. The van der Waals surface area contributed by atoms with E-state index in [4.69, 9.17) is 10.6 Å². The maximum Gasteiger partial charge on any atom is 0.270 e. The highest BCUT2D eigenvalue weighted by molar-refractivity contribution is 7.89. The Morgan fingerprint density at radius 1 is 1.29 bits per heavy atom. The van der Waals surface area contributed by atoms with Gasteiger partial charge in [0.05, 0.1) is 6.61 Å². The number of nitrogen functional groups attached to an aromatic ring is 1. The van der Waals surface area contributed by atoms with Crippen molar-refractivity contribution < 1.29 is 22.0 Å². The molecule has 1 aromatic rings. The average Bonchev–Trinajstić information content (AvgIpc) is 2.67. The molecule has 0 amide bonds. The van der Waals surface area contributed by atoms with Gasteiger partial charge in [-0.05, 0) is 18.6 Å². The molecule has 1 aliphatic rings. The summed E-state index contributed by atoms with van der Waals surface area (Å²) in [5.74, 6) is -2.45. The topological polar surface area (TPSA) is 72.6 Å². The Morgan fingerprint density at radius 3 is 2.35 bits per heavy atom. The van der Waals surface area contributed by atoms with Crippen molar-refractivity contribution in [2.45, 2.75) is 11.3 Å². The first-order valence-electron chi connectivity index (χ1n) is 4.83. The fraction of sp³-hybridized carbons (Fsp3) is 0.333. The lowest BCUT2D eigenvalue weighted by Gasteiger charge is -2.15. The Labute approximate surface area is 96.8 Å². The molecule has 0 unspecified atom stereocenters. The first-order chi connectivity index (χ1) is 7.93. The summed E-state index contributed by atoms with van der Waals surface area (Å²) in [5, 5.41) is 0. The number of benzene rings is 1. The van der Waals surface area contributed by atoms with Crippen LogP contribution in [0, 0.1) is 11.6 Å². The number of sulfonamides is 1. The van der Waals surface area contributed by atoms with Crippen LogP contribution in [-0.2, 0) is 14.9 Å². The van der Waals surface area contributed by atoms with Crippen LogP contribution in [0.3, 0.4) is 0 Å². The monoisotopic (exact) mass is 264 g/mol. The van der Waals surface area contributed by atoms with Crippen molar-refractivity contribution in [1.29, 1.82) is 0 Å². The van der Waals surface area contributed by atoms with E-state index in [1.54, 1.807) is 0 Å². The van der Waals surface area contributed by atoms with E-state index < -0.39 is 26.6 Å². The fourth-order valence-electron chi connectivity index (χ4n) is 1.54. The molecule has 0 radical (unpaired) electrons. The van der Waals surface area contributed by atoms with E-state index in [1.807, 2.05) is 0 Å². The van der Waals surface area contributed by atoms with Crippen molar-refractivity contribution >= 4 is 15.7 Å². The summed E-state index contributed by atoms with van der Waals surface area (Å²) < 4.78 is 51.3. The zero-order valence-corrected chi connectivity index (χ0v) is 9.51. The lowest BCUT2D eigenvalue weighted by molar-refractivity contribution is -0.0288. The number of hydrogen-bond donors (Lipinski definition) is 1. The number of rotatable bonds is 2. The molecule has 0 spiro atoms. The normalized spacial score (nSPS) is 17.5. The molecule has 1 aliphatic heterocycles. The molecular weight excluding hydrogens is 254 g/mol. The van der Waals surface area contributed by atoms with Crippen LogP contribution >= 0.6 is 0 Å². The SMILES string of the molecule is Nc1cc(F)c(S(=O)(=O)N2CCCO2)c(F)c1. The number of nitrogens with zero attached hydrogens (tertiary/aromatic N) is 1. The number of hydroxylamine groups is 1. The van der Waals surface area contributed by atoms with E-state index in [0.29, 0.717) is 10.9 Å². The molecule has 2 rings (SSSR count). The van der Waals surface area contributed by atoms with E-state index in [1.165, 1.54) is 0 Å². The second kappa shape index (κ2) is 4.21. The van der Waals surface area contributed by atoms with Gasteiger partial charge in [0.1, 0.15) is 11.6 Å². The number of halogens is 2. The van der Waals surface area contributed by atoms with Crippen molar-refractivity contribution in [2.75, 3.05) is 18.9 Å². The summed E-state index contributed by atoms with van der Waals surface area (Å²) in [5.41, 5.74) is 5.03. The van der Waals surface area contributed by atoms with Crippen LogP contribution in [0.2, 0.25) is 0 Å². The van der Waals surface area contributed by atoms with Gasteiger partial charge in [0.2, 0.25) is 0 Å². The summed E-state index contributed by atoms with van der Waals surface area (Å²) in [6.45, 7) is 0.281. The lowest BCUT2D eigenvalue weighted by Crippen LogP contribution is -2.28. The average molecular weight is 264 g/mol. The quantitative estimate of drug-likeness (QED) is 0.804. The molecule has 1 aromatic carbocycles. The van der Waals surface area contributed by atoms with Gasteiger partial charge in [0, 0.05) is 12.2 Å². The minimum absolute atomic E-state index is 0.0750. The van der Waals surface area contributed by atoms with Gasteiger partial charge in [-0.15, -0.1) is 0 Å². The van der Waals surface area contributed by atoms with Crippen molar-refractivity contribution in [3.63, 3.8) is 0 Å². The number of anilines is 1. The number of hydrogen-bond acceptors (Lipinski definition) is 4. The van der Waals surface area contributed by atoms with Crippen molar-refractivity contribution in [2.24, 2.45) is 0 Å². The van der Waals surface area contributed by atoms with E-state index in [-0.39, 0.29) is 18.8 Å². The van der Waals surface area contributed by atoms with Crippen LogP contribution in [0.15, 0.2) is 17.0 Å². The predicted molar refractivity (Wildman–Crippen MR) is 55.2 cm³/mol. The Morgan fingerprint density at radius 2 is 1.88 bits per heavy atom. The molecule has 0 saturated carbocycles. The van der Waals surface area contributed by atoms with Crippen LogP contribution in [-0.4, -0.2) is 26.0 Å². The van der Waals surface area contributed by atoms with Crippen LogP contribution < -0.4 is 5.73 Å². The molecule has 0 bridgehead atoms. The molecule has 8 heteroatoms. The third-order valence-electron chi connectivity index (χ3n) is 2.27. The van der Waals surface area contributed by atoms with Gasteiger partial charge in [0.15, 0.2) is 4.90 Å². The van der Waals surface area contributed by atoms with Crippen molar-refractivity contribution in [3.8, 4) is 0 Å². The maximum absolute atomic E-state index is 13.5. The molecular formula is C9H10F2N2O3S. The smallest absolute Gasteiger partial charge is 0.270 e. The van der Waals surface area contributed by atoms with Crippen molar-refractivity contribution in [3.05, 3.63) is 23.8 Å². The third kappa shape index (κ3) is 2.11. The Balaban J connectivity index is 2.53. The largest absolute Gasteiger partial charge is 0.399 e. The second-order valence-corrected chi connectivity index (χ2v) is 5.30. The summed E-state index contributed by atoms with van der Waals surface area (Å²) in [7, 11) is -4.31. The highest BCUT2D eigenvalue weighted by Crippen LogP contribution is 2.26. The Bertz CT molecular complexity index is 518. The molecule has 1 saturated heterocycles. The van der Waals surface area contributed by atoms with E-state index in [9.17, 15) is 17.2 Å². The summed E-state index contributed by atoms with van der Waals surface area (Å²) in [6, 6.07) is 1.51. The first-order valence-corrected chi connectivity index (χ1v) is 6.27. The summed E-state index contributed by atoms with van der Waals surface area (Å²) in [4.78, 5) is 3.76. The minimum Gasteiger partial charge on any atom is -0.399 e. The zero-order chi connectivity index (χ0) is 12.6. The molecule has 94 valence electrons. The molecule has 0 aromatic heterocycles. The molecule has 17 heavy (non-hydrogen) atoms. The van der Waals surface area contributed by atoms with E-state index in [0.717, 1.165) is 12.1 Å². The molecule has 1 heterocycles. The molecule has 2 N–H and O–H groups in total. The highest BCUT2D eigenvalue weighted by Gasteiger charge is 2.34. The van der Waals surface area contributed by atoms with Gasteiger partial charge in [-0.25, -0.2) is 17.2 Å². The van der Waals surface area contributed by atoms with Gasteiger partial charge in [-0.1, -0.05) is 4.47 Å². The predicted octanol–water partition coefficient (Wildman–Crippen LogP) is 0.873. The van der Waals surface area contributed by atoms with E-state index in [2.05, 4.69) is 0 Å². The van der Waals surface area contributed by atoms with Gasteiger partial charge in [-0.2, -0.15) is 0 Å². The number of nitrogens with two attached hydrogens (primary N) is 1. The second-order valence-electron chi connectivity index (χ2n) is 3.53. The van der Waals surface area contributed by atoms with E-state index >= 15 is 0 Å². The summed E-state index contributed by atoms with van der Waals surface area (Å²) >= 11 is 0.